The minimum atomic E-state index is -3.76. The van der Waals surface area contributed by atoms with Gasteiger partial charge >= 0.3 is 0 Å². The maximum atomic E-state index is 12.6. The van der Waals surface area contributed by atoms with E-state index >= 15 is 0 Å². The molecule has 8 heteroatoms. The number of aliphatic hydroxyl groups is 1. The highest BCUT2D eigenvalue weighted by Crippen LogP contribution is 2.27. The van der Waals surface area contributed by atoms with E-state index in [9.17, 15) is 13.5 Å². The lowest BCUT2D eigenvalue weighted by Gasteiger charge is -2.29. The summed E-state index contributed by atoms with van der Waals surface area (Å²) >= 11 is 10.8. The maximum Gasteiger partial charge on any atom is 0.244 e. The van der Waals surface area contributed by atoms with E-state index in [4.69, 9.17) is 29.6 Å². The predicted molar refractivity (Wildman–Crippen MR) is 81.3 cm³/mol. The summed E-state index contributed by atoms with van der Waals surface area (Å²) < 4.78 is 26.4. The summed E-state index contributed by atoms with van der Waals surface area (Å²) in [6.45, 7) is 0.447. The Balaban J connectivity index is 2.43. The number of hydrogen-bond acceptors (Lipinski definition) is 4. The highest BCUT2D eigenvalue weighted by molar-refractivity contribution is 7.89. The van der Waals surface area contributed by atoms with Crippen molar-refractivity contribution in [2.45, 2.75) is 23.8 Å². The van der Waals surface area contributed by atoms with Crippen LogP contribution >= 0.6 is 23.8 Å². The normalized spacial score (nSPS) is 20.8. The number of halogens is 1. The molecule has 1 saturated heterocycles. The number of rotatable bonds is 3. The first-order valence-corrected chi connectivity index (χ1v) is 8.32. The molecule has 1 unspecified atom stereocenters. The van der Waals surface area contributed by atoms with E-state index in [1.807, 2.05) is 0 Å². The fourth-order valence-corrected chi connectivity index (χ4v) is 4.28. The minimum absolute atomic E-state index is 0.0291. The van der Waals surface area contributed by atoms with Crippen molar-refractivity contribution in [1.29, 1.82) is 0 Å². The Bertz CT molecular complexity index is 634. The van der Waals surface area contributed by atoms with Crippen molar-refractivity contribution >= 4 is 38.8 Å². The summed E-state index contributed by atoms with van der Waals surface area (Å²) in [5, 5.41) is 9.74. The molecule has 0 amide bonds. The number of aliphatic hydroxyl groups excluding tert-OH is 1. The summed E-state index contributed by atoms with van der Waals surface area (Å²) in [6.07, 6.45) is 0.579. The molecule has 110 valence electrons. The van der Waals surface area contributed by atoms with Crippen molar-refractivity contribution in [2.24, 2.45) is 5.73 Å². The van der Waals surface area contributed by atoms with E-state index in [1.165, 1.54) is 16.4 Å². The first-order valence-electron chi connectivity index (χ1n) is 6.10. The molecule has 1 aromatic carbocycles. The van der Waals surface area contributed by atoms with Crippen LogP contribution in [0.5, 0.6) is 0 Å². The third kappa shape index (κ3) is 3.12. The molecule has 5 nitrogen and oxygen atoms in total. The molecule has 0 aromatic heterocycles. The van der Waals surface area contributed by atoms with Crippen molar-refractivity contribution in [3.05, 3.63) is 28.8 Å². The fraction of sp³-hybridized carbons (Fsp3) is 0.417. The summed E-state index contributed by atoms with van der Waals surface area (Å²) in [4.78, 5) is 0.0790. The number of nitrogens with zero attached hydrogens (tertiary/aromatic N) is 1. The molecule has 1 atom stereocenters. The molecule has 1 heterocycles. The highest BCUT2D eigenvalue weighted by atomic mass is 35.5. The van der Waals surface area contributed by atoms with Gasteiger partial charge in [0.05, 0.1) is 11.1 Å². The third-order valence-corrected chi connectivity index (χ3v) is 5.78. The van der Waals surface area contributed by atoms with Crippen LogP contribution in [0.1, 0.15) is 18.4 Å². The Morgan fingerprint density at radius 2 is 2.20 bits per heavy atom. The van der Waals surface area contributed by atoms with Gasteiger partial charge < -0.3 is 10.8 Å². The molecule has 1 aliphatic rings. The smallest absolute Gasteiger partial charge is 0.244 e. The maximum absolute atomic E-state index is 12.6. The molecule has 2 rings (SSSR count). The summed E-state index contributed by atoms with van der Waals surface area (Å²) in [6, 6.07) is 4.42. The van der Waals surface area contributed by atoms with Crippen molar-refractivity contribution in [2.75, 3.05) is 13.1 Å². The second-order valence-corrected chi connectivity index (χ2v) is 7.42. The lowest BCUT2D eigenvalue weighted by Crippen LogP contribution is -2.42. The molecule has 3 N–H and O–H groups in total. The average Bonchev–Trinajstić information content (AvgIpc) is 2.38. The molecule has 0 bridgehead atoms. The van der Waals surface area contributed by atoms with Gasteiger partial charge in [-0.15, -0.1) is 0 Å². The number of hydrogen-bond donors (Lipinski definition) is 2. The summed E-state index contributed by atoms with van der Waals surface area (Å²) in [5.41, 5.74) is 5.96. The van der Waals surface area contributed by atoms with Crippen LogP contribution in [0.25, 0.3) is 0 Å². The SMILES string of the molecule is NC(=S)c1ccc(Cl)c(S(=O)(=O)N2CCCC(O)C2)c1. The first kappa shape index (κ1) is 15.7. The van der Waals surface area contributed by atoms with Gasteiger partial charge in [0.15, 0.2) is 0 Å². The summed E-state index contributed by atoms with van der Waals surface area (Å²) in [7, 11) is -3.76. The molecular formula is C12H15ClN2O3S2. The van der Waals surface area contributed by atoms with Gasteiger partial charge in [0, 0.05) is 18.7 Å². The zero-order valence-corrected chi connectivity index (χ0v) is 13.0. The topological polar surface area (TPSA) is 83.6 Å². The van der Waals surface area contributed by atoms with Gasteiger partial charge in [-0.25, -0.2) is 8.42 Å². The average molecular weight is 335 g/mol. The number of benzene rings is 1. The van der Waals surface area contributed by atoms with Crippen LogP contribution in [0.3, 0.4) is 0 Å². The van der Waals surface area contributed by atoms with E-state index in [-0.39, 0.29) is 21.5 Å². The number of piperidine rings is 1. The number of β-amino-alcohol motifs (C(OH)–C–C–N with tert-alkyl or cyclic N) is 1. The van der Waals surface area contributed by atoms with Crippen LogP contribution in [0.2, 0.25) is 5.02 Å². The molecule has 0 aliphatic carbocycles. The highest BCUT2D eigenvalue weighted by Gasteiger charge is 2.31. The fourth-order valence-electron chi connectivity index (χ4n) is 2.13. The molecular weight excluding hydrogens is 320 g/mol. The van der Waals surface area contributed by atoms with Crippen LogP contribution in [0.4, 0.5) is 0 Å². The largest absolute Gasteiger partial charge is 0.392 e. The van der Waals surface area contributed by atoms with E-state index in [2.05, 4.69) is 0 Å². The molecule has 20 heavy (non-hydrogen) atoms. The van der Waals surface area contributed by atoms with Crippen LogP contribution < -0.4 is 5.73 Å². The van der Waals surface area contributed by atoms with Crippen LogP contribution in [0.15, 0.2) is 23.1 Å². The van der Waals surface area contributed by atoms with Gasteiger partial charge in [0.2, 0.25) is 10.0 Å². The zero-order chi connectivity index (χ0) is 14.9. The third-order valence-electron chi connectivity index (χ3n) is 3.19. The Hall–Kier alpha value is -0.730. The van der Waals surface area contributed by atoms with Crippen LogP contribution in [0, 0.1) is 0 Å². The van der Waals surface area contributed by atoms with Crippen LogP contribution in [-0.4, -0.2) is 42.0 Å². The monoisotopic (exact) mass is 334 g/mol. The Morgan fingerprint density at radius 1 is 1.50 bits per heavy atom. The molecule has 0 spiro atoms. The van der Waals surface area contributed by atoms with Gasteiger partial charge in [-0.1, -0.05) is 29.9 Å². The molecule has 1 fully saturated rings. The van der Waals surface area contributed by atoms with Crippen molar-refractivity contribution in [3.63, 3.8) is 0 Å². The molecule has 0 radical (unpaired) electrons. The van der Waals surface area contributed by atoms with Crippen molar-refractivity contribution in [1.82, 2.24) is 4.31 Å². The summed E-state index contributed by atoms with van der Waals surface area (Å²) in [5.74, 6) is 0. The molecule has 0 saturated carbocycles. The number of sulfonamides is 1. The standard InChI is InChI=1S/C12H15ClN2O3S2/c13-10-4-3-8(12(14)19)6-11(10)20(17,18)15-5-1-2-9(16)7-15/h3-4,6,9,16H,1-2,5,7H2,(H2,14,19). The van der Waals surface area contributed by atoms with E-state index in [0.29, 0.717) is 24.9 Å². The van der Waals surface area contributed by atoms with Crippen molar-refractivity contribution < 1.29 is 13.5 Å². The first-order chi connectivity index (χ1) is 9.32. The predicted octanol–water partition coefficient (Wildman–Crippen LogP) is 1.12. The molecule has 1 aromatic rings. The van der Waals surface area contributed by atoms with Gasteiger partial charge in [0.1, 0.15) is 9.88 Å². The Kier molecular flexibility index (Phi) is 4.66. The lowest BCUT2D eigenvalue weighted by atomic mass is 10.1. The molecule has 1 aliphatic heterocycles. The van der Waals surface area contributed by atoms with Gasteiger partial charge in [-0.05, 0) is 25.0 Å². The lowest BCUT2D eigenvalue weighted by molar-refractivity contribution is 0.108. The Morgan fingerprint density at radius 3 is 2.80 bits per heavy atom. The number of nitrogens with two attached hydrogens (primary N) is 1. The Labute approximate surface area is 128 Å². The number of thiocarbonyl (C=S) groups is 1. The van der Waals surface area contributed by atoms with E-state index in [1.54, 1.807) is 6.07 Å². The minimum Gasteiger partial charge on any atom is -0.392 e. The quantitative estimate of drug-likeness (QED) is 0.809. The van der Waals surface area contributed by atoms with Gasteiger partial charge in [-0.3, -0.25) is 0 Å². The second-order valence-electron chi connectivity index (χ2n) is 4.67. The van der Waals surface area contributed by atoms with Gasteiger partial charge in [-0.2, -0.15) is 4.31 Å². The van der Waals surface area contributed by atoms with Gasteiger partial charge in [0.25, 0.3) is 0 Å². The van der Waals surface area contributed by atoms with E-state index in [0.717, 1.165) is 0 Å². The zero-order valence-electron chi connectivity index (χ0n) is 10.6. The van der Waals surface area contributed by atoms with Crippen LogP contribution in [-0.2, 0) is 10.0 Å². The second kappa shape index (κ2) is 5.95. The van der Waals surface area contributed by atoms with E-state index < -0.39 is 16.1 Å². The van der Waals surface area contributed by atoms with Crippen molar-refractivity contribution in [3.8, 4) is 0 Å².